The Morgan fingerprint density at radius 3 is 2.57 bits per heavy atom. The summed E-state index contributed by atoms with van der Waals surface area (Å²) in [6, 6.07) is 13.4. The standard InChI is InChI=1S/C20H14N4O3S/c25-19(10-3-14-1-8-17(9-2-14)24(26)27)21-16-6-4-15(5-7-16)18-13-23-11-12-28-20(23)22-18/h1-13H,(H,21,25)/b10-3+. The molecule has 0 saturated carbocycles. The van der Waals surface area contributed by atoms with Gasteiger partial charge in [-0.15, -0.1) is 11.3 Å². The fraction of sp³-hybridized carbons (Fsp3) is 0. The van der Waals surface area contributed by atoms with Gasteiger partial charge in [0.15, 0.2) is 4.96 Å². The molecule has 8 heteroatoms. The van der Waals surface area contributed by atoms with Crippen molar-refractivity contribution >= 4 is 39.7 Å². The van der Waals surface area contributed by atoms with Crippen molar-refractivity contribution in [2.75, 3.05) is 5.32 Å². The molecule has 0 atom stereocenters. The average Bonchev–Trinajstić information content (AvgIpc) is 3.29. The second kappa shape index (κ2) is 7.45. The van der Waals surface area contributed by atoms with E-state index in [1.165, 1.54) is 18.2 Å². The minimum atomic E-state index is -0.462. The normalized spacial score (nSPS) is 11.1. The molecule has 2 aromatic carbocycles. The monoisotopic (exact) mass is 390 g/mol. The van der Waals surface area contributed by atoms with Crippen molar-refractivity contribution in [3.05, 3.63) is 88.1 Å². The molecule has 0 bridgehead atoms. The van der Waals surface area contributed by atoms with Gasteiger partial charge in [-0.25, -0.2) is 4.98 Å². The number of nitro benzene ring substituents is 1. The van der Waals surface area contributed by atoms with Crippen LogP contribution in [0.4, 0.5) is 11.4 Å². The van der Waals surface area contributed by atoms with Gasteiger partial charge in [0.25, 0.3) is 5.69 Å². The van der Waals surface area contributed by atoms with Gasteiger partial charge in [-0.3, -0.25) is 19.3 Å². The number of aromatic nitrogens is 2. The first-order valence-electron chi connectivity index (χ1n) is 8.35. The summed E-state index contributed by atoms with van der Waals surface area (Å²) in [6.07, 6.45) is 6.92. The molecule has 0 aliphatic heterocycles. The summed E-state index contributed by atoms with van der Waals surface area (Å²) >= 11 is 1.57. The Balaban J connectivity index is 1.40. The Labute approximate surface area is 163 Å². The molecule has 0 aliphatic rings. The molecule has 0 aliphatic carbocycles. The van der Waals surface area contributed by atoms with Crippen molar-refractivity contribution in [3.8, 4) is 11.3 Å². The summed E-state index contributed by atoms with van der Waals surface area (Å²) in [4.78, 5) is 27.8. The van der Waals surface area contributed by atoms with Gasteiger partial charge in [0.2, 0.25) is 5.91 Å². The number of hydrogen-bond acceptors (Lipinski definition) is 5. The van der Waals surface area contributed by atoms with Gasteiger partial charge in [0.1, 0.15) is 0 Å². The van der Waals surface area contributed by atoms with Gasteiger partial charge < -0.3 is 5.32 Å². The Hall–Kier alpha value is -3.78. The summed E-state index contributed by atoms with van der Waals surface area (Å²) in [5.74, 6) is -0.284. The largest absolute Gasteiger partial charge is 0.323 e. The van der Waals surface area contributed by atoms with Gasteiger partial charge in [0, 0.05) is 47.2 Å². The fourth-order valence-electron chi connectivity index (χ4n) is 2.65. The van der Waals surface area contributed by atoms with E-state index in [4.69, 9.17) is 0 Å². The Morgan fingerprint density at radius 2 is 1.89 bits per heavy atom. The highest BCUT2D eigenvalue weighted by atomic mass is 32.1. The van der Waals surface area contributed by atoms with E-state index < -0.39 is 4.92 Å². The SMILES string of the molecule is O=C(/C=C/c1ccc([N+](=O)[O-])cc1)Nc1ccc(-c2cn3ccsc3n2)cc1. The summed E-state index contributed by atoms with van der Waals surface area (Å²) in [7, 11) is 0. The molecule has 0 spiro atoms. The van der Waals surface area contributed by atoms with Gasteiger partial charge in [0.05, 0.1) is 10.6 Å². The lowest BCUT2D eigenvalue weighted by Gasteiger charge is -2.03. The number of non-ortho nitro benzene ring substituents is 1. The molecule has 1 N–H and O–H groups in total. The molecule has 1 amide bonds. The first kappa shape index (κ1) is 17.6. The van der Waals surface area contributed by atoms with Crippen LogP contribution in [0.15, 0.2) is 72.4 Å². The summed E-state index contributed by atoms with van der Waals surface area (Å²) in [5.41, 5.74) is 3.23. The van der Waals surface area contributed by atoms with Gasteiger partial charge in [-0.2, -0.15) is 0 Å². The molecule has 2 aromatic heterocycles. The molecule has 0 radical (unpaired) electrons. The Morgan fingerprint density at radius 1 is 1.14 bits per heavy atom. The molecular weight excluding hydrogens is 376 g/mol. The molecule has 7 nitrogen and oxygen atoms in total. The lowest BCUT2D eigenvalue weighted by atomic mass is 10.1. The quantitative estimate of drug-likeness (QED) is 0.306. The highest BCUT2D eigenvalue weighted by Gasteiger charge is 2.06. The van der Waals surface area contributed by atoms with E-state index in [1.807, 2.05) is 46.4 Å². The van der Waals surface area contributed by atoms with Crippen LogP contribution in [0.1, 0.15) is 5.56 Å². The number of nitrogens with zero attached hydrogens (tertiary/aromatic N) is 3. The van der Waals surface area contributed by atoms with E-state index in [0.29, 0.717) is 11.3 Å². The number of thiazole rings is 1. The zero-order valence-electron chi connectivity index (χ0n) is 14.5. The van der Waals surface area contributed by atoms with Crippen molar-refractivity contribution in [2.24, 2.45) is 0 Å². The summed E-state index contributed by atoms with van der Waals surface area (Å²) < 4.78 is 1.97. The van der Waals surface area contributed by atoms with Crippen LogP contribution >= 0.6 is 11.3 Å². The predicted octanol–water partition coefficient (Wildman–Crippen LogP) is 4.62. The number of rotatable bonds is 5. The van der Waals surface area contributed by atoms with Crippen molar-refractivity contribution in [2.45, 2.75) is 0 Å². The number of amides is 1. The molecule has 0 fully saturated rings. The Kier molecular flexibility index (Phi) is 4.69. The van der Waals surface area contributed by atoms with Gasteiger partial charge in [-0.1, -0.05) is 12.1 Å². The first-order valence-corrected chi connectivity index (χ1v) is 9.23. The van der Waals surface area contributed by atoms with Crippen LogP contribution in [0.2, 0.25) is 0 Å². The lowest BCUT2D eigenvalue weighted by molar-refractivity contribution is -0.384. The number of hydrogen-bond donors (Lipinski definition) is 1. The first-order chi connectivity index (χ1) is 13.6. The van der Waals surface area contributed by atoms with Crippen LogP contribution < -0.4 is 5.32 Å². The third kappa shape index (κ3) is 3.81. The fourth-order valence-corrected chi connectivity index (χ4v) is 3.35. The number of nitrogens with one attached hydrogen (secondary N) is 1. The molecular formula is C20H14N4O3S. The highest BCUT2D eigenvalue weighted by molar-refractivity contribution is 7.15. The zero-order chi connectivity index (χ0) is 19.5. The van der Waals surface area contributed by atoms with E-state index >= 15 is 0 Å². The maximum absolute atomic E-state index is 12.1. The number of carbonyl (C=O) groups is 1. The number of carbonyl (C=O) groups excluding carboxylic acids is 1. The summed E-state index contributed by atoms with van der Waals surface area (Å²) in [5, 5.41) is 15.4. The van der Waals surface area contributed by atoms with Crippen molar-refractivity contribution in [1.82, 2.24) is 9.38 Å². The predicted molar refractivity (Wildman–Crippen MR) is 109 cm³/mol. The smallest absolute Gasteiger partial charge is 0.269 e. The van der Waals surface area contributed by atoms with Crippen molar-refractivity contribution < 1.29 is 9.72 Å². The maximum Gasteiger partial charge on any atom is 0.269 e. The second-order valence-corrected chi connectivity index (χ2v) is 6.84. The number of imidazole rings is 1. The third-order valence-corrected chi connectivity index (χ3v) is 4.84. The lowest BCUT2D eigenvalue weighted by Crippen LogP contribution is -2.07. The van der Waals surface area contributed by atoms with E-state index in [2.05, 4.69) is 10.3 Å². The van der Waals surface area contributed by atoms with Crippen LogP contribution in [0.5, 0.6) is 0 Å². The van der Waals surface area contributed by atoms with Crippen LogP contribution in [0, 0.1) is 10.1 Å². The number of nitro groups is 1. The minimum absolute atomic E-state index is 0.0132. The van der Waals surface area contributed by atoms with Crippen LogP contribution in [0.25, 0.3) is 22.3 Å². The number of benzene rings is 2. The molecule has 0 saturated heterocycles. The van der Waals surface area contributed by atoms with Gasteiger partial charge in [-0.05, 0) is 35.9 Å². The highest BCUT2D eigenvalue weighted by Crippen LogP contribution is 2.23. The van der Waals surface area contributed by atoms with E-state index in [0.717, 1.165) is 16.2 Å². The molecule has 0 unspecified atom stereocenters. The van der Waals surface area contributed by atoms with E-state index in [-0.39, 0.29) is 11.6 Å². The Bertz CT molecular complexity index is 1150. The van der Waals surface area contributed by atoms with Crippen LogP contribution in [0.3, 0.4) is 0 Å². The van der Waals surface area contributed by atoms with Crippen LogP contribution in [-0.4, -0.2) is 20.2 Å². The molecule has 4 aromatic rings. The van der Waals surface area contributed by atoms with E-state index in [1.54, 1.807) is 29.5 Å². The van der Waals surface area contributed by atoms with Crippen molar-refractivity contribution in [1.29, 1.82) is 0 Å². The van der Waals surface area contributed by atoms with Crippen molar-refractivity contribution in [3.63, 3.8) is 0 Å². The zero-order valence-corrected chi connectivity index (χ0v) is 15.3. The number of anilines is 1. The summed E-state index contributed by atoms with van der Waals surface area (Å²) in [6.45, 7) is 0. The molecule has 4 rings (SSSR count). The topological polar surface area (TPSA) is 89.5 Å². The average molecular weight is 390 g/mol. The minimum Gasteiger partial charge on any atom is -0.323 e. The maximum atomic E-state index is 12.1. The molecule has 28 heavy (non-hydrogen) atoms. The second-order valence-electron chi connectivity index (χ2n) is 5.97. The third-order valence-electron chi connectivity index (χ3n) is 4.07. The number of fused-ring (bicyclic) bond motifs is 1. The molecule has 138 valence electrons. The molecule has 2 heterocycles. The van der Waals surface area contributed by atoms with Crippen LogP contribution in [-0.2, 0) is 4.79 Å². The van der Waals surface area contributed by atoms with E-state index in [9.17, 15) is 14.9 Å². The van der Waals surface area contributed by atoms with Gasteiger partial charge >= 0.3 is 0 Å².